The van der Waals surface area contributed by atoms with Crippen LogP contribution in [0.5, 0.6) is 0 Å². The molecule has 0 aliphatic heterocycles. The molecule has 24 heavy (non-hydrogen) atoms. The maximum absolute atomic E-state index is 13.6. The minimum absolute atomic E-state index is 0.213. The van der Waals surface area contributed by atoms with Crippen LogP contribution in [-0.4, -0.2) is 10.9 Å². The summed E-state index contributed by atoms with van der Waals surface area (Å²) >= 11 is 0. The van der Waals surface area contributed by atoms with Gasteiger partial charge in [0.2, 0.25) is 0 Å². The Kier molecular flexibility index (Phi) is 4.81. The Morgan fingerprint density at radius 2 is 1.71 bits per heavy atom. The number of aromatic nitrogens is 1. The summed E-state index contributed by atoms with van der Waals surface area (Å²) in [7, 11) is 0. The lowest BCUT2D eigenvalue weighted by atomic mass is 10.2. The van der Waals surface area contributed by atoms with E-state index in [-0.39, 0.29) is 11.7 Å². The molecule has 4 nitrogen and oxygen atoms in total. The average molecular weight is 321 g/mol. The molecule has 0 spiro atoms. The predicted molar refractivity (Wildman–Crippen MR) is 92.4 cm³/mol. The minimum Gasteiger partial charge on any atom is -0.381 e. The first-order valence-corrected chi connectivity index (χ1v) is 7.51. The van der Waals surface area contributed by atoms with Crippen molar-refractivity contribution in [3.63, 3.8) is 0 Å². The number of carbonyl (C=O) groups is 1. The molecule has 0 bridgehead atoms. The summed E-state index contributed by atoms with van der Waals surface area (Å²) < 4.78 is 13.6. The lowest BCUT2D eigenvalue weighted by Gasteiger charge is -2.09. The Balaban J connectivity index is 1.59. The van der Waals surface area contributed by atoms with Gasteiger partial charge in [0.25, 0.3) is 5.91 Å². The van der Waals surface area contributed by atoms with Gasteiger partial charge in [0, 0.05) is 35.9 Å². The average Bonchev–Trinajstić information content (AvgIpc) is 2.63. The van der Waals surface area contributed by atoms with Crippen LogP contribution in [0.3, 0.4) is 0 Å². The highest BCUT2D eigenvalue weighted by Crippen LogP contribution is 2.16. The van der Waals surface area contributed by atoms with Crippen LogP contribution in [-0.2, 0) is 6.54 Å². The monoisotopic (exact) mass is 321 g/mol. The molecule has 2 aromatic carbocycles. The zero-order chi connectivity index (χ0) is 16.8. The highest BCUT2D eigenvalue weighted by molar-refractivity contribution is 6.04. The number of amides is 1. The maximum Gasteiger partial charge on any atom is 0.257 e. The van der Waals surface area contributed by atoms with Crippen LogP contribution >= 0.6 is 0 Å². The second kappa shape index (κ2) is 7.37. The third kappa shape index (κ3) is 3.95. The molecular weight excluding hydrogens is 305 g/mol. The lowest BCUT2D eigenvalue weighted by molar-refractivity contribution is 0.102. The van der Waals surface area contributed by atoms with Crippen molar-refractivity contribution in [2.75, 3.05) is 10.6 Å². The first-order valence-electron chi connectivity index (χ1n) is 7.51. The summed E-state index contributed by atoms with van der Waals surface area (Å²) in [6.45, 7) is 0.397. The molecule has 1 heterocycles. The smallest absolute Gasteiger partial charge is 0.257 e. The SMILES string of the molecule is O=C(Nc1ccc(NCc2ccccc2F)cc1)c1cccnc1. The van der Waals surface area contributed by atoms with E-state index in [0.717, 1.165) is 5.69 Å². The minimum atomic E-state index is -0.231. The van der Waals surface area contributed by atoms with Gasteiger partial charge in [0.15, 0.2) is 0 Å². The number of nitrogens with zero attached hydrogens (tertiary/aromatic N) is 1. The Morgan fingerprint density at radius 3 is 2.42 bits per heavy atom. The standard InChI is InChI=1S/C19H16FN3O/c20-18-6-2-1-4-14(18)13-22-16-7-9-17(10-8-16)23-19(24)15-5-3-11-21-12-15/h1-12,22H,13H2,(H,23,24). The van der Waals surface area contributed by atoms with E-state index in [1.165, 1.54) is 12.3 Å². The second-order valence-electron chi connectivity index (χ2n) is 5.22. The van der Waals surface area contributed by atoms with E-state index in [1.54, 1.807) is 48.7 Å². The van der Waals surface area contributed by atoms with E-state index in [2.05, 4.69) is 15.6 Å². The quantitative estimate of drug-likeness (QED) is 0.744. The van der Waals surface area contributed by atoms with Crippen LogP contribution < -0.4 is 10.6 Å². The zero-order valence-corrected chi connectivity index (χ0v) is 12.9. The molecule has 0 atom stereocenters. The van der Waals surface area contributed by atoms with Crippen molar-refractivity contribution in [2.24, 2.45) is 0 Å². The van der Waals surface area contributed by atoms with Crippen molar-refractivity contribution >= 4 is 17.3 Å². The van der Waals surface area contributed by atoms with Gasteiger partial charge in [-0.15, -0.1) is 0 Å². The van der Waals surface area contributed by atoms with Crippen LogP contribution in [0.2, 0.25) is 0 Å². The van der Waals surface area contributed by atoms with Gasteiger partial charge in [-0.1, -0.05) is 18.2 Å². The summed E-state index contributed by atoms with van der Waals surface area (Å²) in [6, 6.07) is 17.3. The third-order valence-electron chi connectivity index (χ3n) is 3.51. The first kappa shape index (κ1) is 15.7. The van der Waals surface area contributed by atoms with Crippen LogP contribution in [0.4, 0.5) is 15.8 Å². The highest BCUT2D eigenvalue weighted by atomic mass is 19.1. The van der Waals surface area contributed by atoms with Gasteiger partial charge < -0.3 is 10.6 Å². The summed E-state index contributed by atoms with van der Waals surface area (Å²) in [4.78, 5) is 16.0. The molecule has 0 unspecified atom stereocenters. The molecule has 5 heteroatoms. The van der Waals surface area contributed by atoms with Crippen LogP contribution in [0.25, 0.3) is 0 Å². The number of anilines is 2. The zero-order valence-electron chi connectivity index (χ0n) is 12.9. The van der Waals surface area contributed by atoms with E-state index in [9.17, 15) is 9.18 Å². The van der Waals surface area contributed by atoms with Gasteiger partial charge in [-0.05, 0) is 42.5 Å². The molecule has 0 aliphatic carbocycles. The van der Waals surface area contributed by atoms with Gasteiger partial charge >= 0.3 is 0 Å². The fourth-order valence-corrected chi connectivity index (χ4v) is 2.21. The summed E-state index contributed by atoms with van der Waals surface area (Å²) in [5.41, 5.74) is 2.63. The number of carbonyl (C=O) groups excluding carboxylic acids is 1. The fraction of sp³-hybridized carbons (Fsp3) is 0.0526. The van der Waals surface area contributed by atoms with E-state index in [4.69, 9.17) is 0 Å². The molecule has 120 valence electrons. The molecule has 0 saturated heterocycles. The molecule has 3 rings (SSSR count). The Morgan fingerprint density at radius 1 is 0.958 bits per heavy atom. The number of nitrogens with one attached hydrogen (secondary N) is 2. The summed E-state index contributed by atoms with van der Waals surface area (Å²) in [6.07, 6.45) is 3.13. The van der Waals surface area contributed by atoms with E-state index < -0.39 is 0 Å². The molecule has 0 fully saturated rings. The molecule has 1 amide bonds. The van der Waals surface area contributed by atoms with Crippen LogP contribution in [0.15, 0.2) is 73.1 Å². The maximum atomic E-state index is 13.6. The van der Waals surface area contributed by atoms with Gasteiger partial charge in [-0.2, -0.15) is 0 Å². The van der Waals surface area contributed by atoms with Gasteiger partial charge in [0.1, 0.15) is 5.82 Å². The van der Waals surface area contributed by atoms with Crippen molar-refractivity contribution < 1.29 is 9.18 Å². The van der Waals surface area contributed by atoms with E-state index in [0.29, 0.717) is 23.4 Å². The predicted octanol–water partition coefficient (Wildman–Crippen LogP) is 4.09. The van der Waals surface area contributed by atoms with E-state index >= 15 is 0 Å². The second-order valence-corrected chi connectivity index (χ2v) is 5.22. The number of halogens is 1. The van der Waals surface area contributed by atoms with Gasteiger partial charge in [-0.25, -0.2) is 4.39 Å². The van der Waals surface area contributed by atoms with Crippen molar-refractivity contribution in [3.05, 3.63) is 90.0 Å². The van der Waals surface area contributed by atoms with Crippen molar-refractivity contribution in [1.29, 1.82) is 0 Å². The number of benzene rings is 2. The van der Waals surface area contributed by atoms with Crippen molar-refractivity contribution in [3.8, 4) is 0 Å². The lowest BCUT2D eigenvalue weighted by Crippen LogP contribution is -2.12. The van der Waals surface area contributed by atoms with Crippen molar-refractivity contribution in [2.45, 2.75) is 6.54 Å². The van der Waals surface area contributed by atoms with Gasteiger partial charge in [-0.3, -0.25) is 9.78 Å². The van der Waals surface area contributed by atoms with Gasteiger partial charge in [0.05, 0.1) is 5.56 Å². The molecule has 3 aromatic rings. The Hall–Kier alpha value is -3.21. The third-order valence-corrected chi connectivity index (χ3v) is 3.51. The topological polar surface area (TPSA) is 54.0 Å². The number of pyridine rings is 1. The summed E-state index contributed by atoms with van der Waals surface area (Å²) in [5, 5.41) is 5.95. The Labute approximate surface area is 139 Å². The largest absolute Gasteiger partial charge is 0.381 e. The van der Waals surface area contributed by atoms with Crippen molar-refractivity contribution in [1.82, 2.24) is 4.98 Å². The number of hydrogen-bond donors (Lipinski definition) is 2. The Bertz CT molecular complexity index is 820. The molecule has 0 radical (unpaired) electrons. The molecule has 0 aliphatic rings. The number of hydrogen-bond acceptors (Lipinski definition) is 3. The van der Waals surface area contributed by atoms with Crippen LogP contribution in [0.1, 0.15) is 15.9 Å². The molecule has 1 aromatic heterocycles. The molecule has 2 N–H and O–H groups in total. The normalized spacial score (nSPS) is 10.2. The molecule has 0 saturated carbocycles. The van der Waals surface area contributed by atoms with Crippen LogP contribution in [0, 0.1) is 5.82 Å². The van der Waals surface area contributed by atoms with E-state index in [1.807, 2.05) is 12.1 Å². The fourth-order valence-electron chi connectivity index (χ4n) is 2.21. The first-order chi connectivity index (χ1) is 11.7. The molecular formula is C19H16FN3O. The highest BCUT2D eigenvalue weighted by Gasteiger charge is 2.05. The number of rotatable bonds is 5. The summed E-state index contributed by atoms with van der Waals surface area (Å²) in [5.74, 6) is -0.444.